The van der Waals surface area contributed by atoms with Crippen molar-refractivity contribution in [1.29, 1.82) is 0 Å². The predicted octanol–water partition coefficient (Wildman–Crippen LogP) is 1.84. The van der Waals surface area contributed by atoms with Gasteiger partial charge < -0.3 is 15.3 Å². The van der Waals surface area contributed by atoms with Crippen LogP contribution in [0.4, 0.5) is 5.69 Å². The summed E-state index contributed by atoms with van der Waals surface area (Å²) in [6.07, 6.45) is 1.01. The smallest absolute Gasteiger partial charge is 0.329 e. The topological polar surface area (TPSA) is 86.7 Å². The molecule has 7 heteroatoms. The van der Waals surface area contributed by atoms with Gasteiger partial charge in [-0.3, -0.25) is 9.59 Å². The van der Waals surface area contributed by atoms with E-state index < -0.39 is 17.4 Å². The zero-order chi connectivity index (χ0) is 16.8. The molecule has 0 aromatic heterocycles. The molecular formula is C16H17BrN2O4. The minimum atomic E-state index is -1.11. The highest BCUT2D eigenvalue weighted by Gasteiger charge is 2.52. The highest BCUT2D eigenvalue weighted by molar-refractivity contribution is 9.10. The summed E-state index contributed by atoms with van der Waals surface area (Å²) in [7, 11) is 0. The molecular weight excluding hydrogens is 364 g/mol. The third-order valence-electron chi connectivity index (χ3n) is 4.47. The van der Waals surface area contributed by atoms with E-state index in [4.69, 9.17) is 5.11 Å². The average Bonchev–Trinajstić information content (AvgIpc) is 3.17. The normalized spacial score (nSPS) is 22.1. The van der Waals surface area contributed by atoms with E-state index in [-0.39, 0.29) is 24.8 Å². The molecule has 2 N–H and O–H groups in total. The van der Waals surface area contributed by atoms with Crippen molar-refractivity contribution in [2.45, 2.75) is 31.7 Å². The standard InChI is InChI=1S/C16H17BrN2O4/c1-9-6-11(2-3-12(9)17)19-8-10(7-13(19)20)14(21)18-16(4-5-16)15(22)23/h2-3,6,10H,4-5,7-8H2,1H3,(H,18,21)(H,22,23). The summed E-state index contributed by atoms with van der Waals surface area (Å²) >= 11 is 3.42. The lowest BCUT2D eigenvalue weighted by Gasteiger charge is -2.19. The number of hydrogen-bond donors (Lipinski definition) is 2. The second-order valence-corrected chi connectivity index (χ2v) is 7.07. The fraction of sp³-hybridized carbons (Fsp3) is 0.438. The van der Waals surface area contributed by atoms with Gasteiger partial charge in [-0.15, -0.1) is 0 Å². The van der Waals surface area contributed by atoms with Gasteiger partial charge in [-0.2, -0.15) is 0 Å². The monoisotopic (exact) mass is 380 g/mol. The maximum atomic E-state index is 12.3. The highest BCUT2D eigenvalue weighted by atomic mass is 79.9. The Labute approximate surface area is 142 Å². The van der Waals surface area contributed by atoms with Gasteiger partial charge in [0.2, 0.25) is 11.8 Å². The molecule has 1 aliphatic carbocycles. The average molecular weight is 381 g/mol. The van der Waals surface area contributed by atoms with E-state index in [9.17, 15) is 14.4 Å². The summed E-state index contributed by atoms with van der Waals surface area (Å²) in [5.41, 5.74) is 0.651. The number of rotatable bonds is 4. The third-order valence-corrected chi connectivity index (χ3v) is 5.36. The Bertz CT molecular complexity index is 699. The second-order valence-electron chi connectivity index (χ2n) is 6.22. The van der Waals surface area contributed by atoms with Gasteiger partial charge in [-0.25, -0.2) is 4.79 Å². The zero-order valence-corrected chi connectivity index (χ0v) is 14.2. The van der Waals surface area contributed by atoms with Gasteiger partial charge in [0, 0.05) is 23.1 Å². The van der Waals surface area contributed by atoms with Crippen LogP contribution in [0.5, 0.6) is 0 Å². The number of hydrogen-bond acceptors (Lipinski definition) is 3. The van der Waals surface area contributed by atoms with Crippen molar-refractivity contribution < 1.29 is 19.5 Å². The summed E-state index contributed by atoms with van der Waals surface area (Å²) in [5.74, 6) is -1.99. The highest BCUT2D eigenvalue weighted by Crippen LogP contribution is 2.36. The lowest BCUT2D eigenvalue weighted by Crippen LogP contribution is -2.46. The number of halogens is 1. The Balaban J connectivity index is 1.71. The van der Waals surface area contributed by atoms with Crippen molar-refractivity contribution in [3.8, 4) is 0 Å². The maximum absolute atomic E-state index is 12.3. The first-order valence-corrected chi connectivity index (χ1v) is 8.24. The van der Waals surface area contributed by atoms with Gasteiger partial charge in [0.25, 0.3) is 0 Å². The number of aryl methyl sites for hydroxylation is 1. The van der Waals surface area contributed by atoms with Crippen LogP contribution >= 0.6 is 15.9 Å². The molecule has 23 heavy (non-hydrogen) atoms. The van der Waals surface area contributed by atoms with Crippen LogP contribution in [0.1, 0.15) is 24.8 Å². The van der Waals surface area contributed by atoms with Crippen LogP contribution in [-0.4, -0.2) is 35.0 Å². The fourth-order valence-electron chi connectivity index (χ4n) is 2.78. The Kier molecular flexibility index (Phi) is 3.91. The second kappa shape index (κ2) is 5.63. The Morgan fingerprint density at radius 1 is 1.39 bits per heavy atom. The molecule has 1 heterocycles. The van der Waals surface area contributed by atoms with Gasteiger partial charge in [0.05, 0.1) is 5.92 Å². The molecule has 0 spiro atoms. The van der Waals surface area contributed by atoms with E-state index in [1.165, 1.54) is 0 Å². The van der Waals surface area contributed by atoms with Crippen LogP contribution in [0.25, 0.3) is 0 Å². The lowest BCUT2D eigenvalue weighted by molar-refractivity contribution is -0.143. The molecule has 1 saturated carbocycles. The van der Waals surface area contributed by atoms with E-state index >= 15 is 0 Å². The van der Waals surface area contributed by atoms with E-state index in [0.29, 0.717) is 12.8 Å². The fourth-order valence-corrected chi connectivity index (χ4v) is 3.03. The van der Waals surface area contributed by atoms with E-state index in [1.54, 1.807) is 4.90 Å². The number of carboxylic acid groups (broad SMARTS) is 1. The summed E-state index contributed by atoms with van der Waals surface area (Å²) in [4.78, 5) is 37.3. The van der Waals surface area contributed by atoms with Crippen molar-refractivity contribution in [3.63, 3.8) is 0 Å². The van der Waals surface area contributed by atoms with E-state index in [2.05, 4.69) is 21.2 Å². The number of amides is 2. The van der Waals surface area contributed by atoms with Gasteiger partial charge in [0.1, 0.15) is 5.54 Å². The Morgan fingerprint density at radius 2 is 2.09 bits per heavy atom. The molecule has 1 aromatic rings. The maximum Gasteiger partial charge on any atom is 0.329 e. The van der Waals surface area contributed by atoms with Gasteiger partial charge in [0.15, 0.2) is 0 Å². The number of benzene rings is 1. The molecule has 2 amide bonds. The minimum absolute atomic E-state index is 0.108. The molecule has 0 radical (unpaired) electrons. The quantitative estimate of drug-likeness (QED) is 0.834. The Hall–Kier alpha value is -1.89. The van der Waals surface area contributed by atoms with E-state index in [0.717, 1.165) is 15.7 Å². The molecule has 2 aliphatic rings. The van der Waals surface area contributed by atoms with Gasteiger partial charge in [-0.1, -0.05) is 15.9 Å². The molecule has 1 saturated heterocycles. The number of nitrogens with one attached hydrogen (secondary N) is 1. The zero-order valence-electron chi connectivity index (χ0n) is 12.6. The van der Waals surface area contributed by atoms with Crippen molar-refractivity contribution in [1.82, 2.24) is 5.32 Å². The number of carbonyl (C=O) groups is 3. The minimum Gasteiger partial charge on any atom is -0.480 e. The summed E-state index contributed by atoms with van der Waals surface area (Å²) in [5, 5.41) is 11.7. The molecule has 1 aromatic carbocycles. The number of nitrogens with zero attached hydrogens (tertiary/aromatic N) is 1. The van der Waals surface area contributed by atoms with Gasteiger partial charge >= 0.3 is 5.97 Å². The van der Waals surface area contributed by atoms with Crippen molar-refractivity contribution in [2.24, 2.45) is 5.92 Å². The van der Waals surface area contributed by atoms with Crippen LogP contribution in [0.3, 0.4) is 0 Å². The van der Waals surface area contributed by atoms with Crippen LogP contribution in [0, 0.1) is 12.8 Å². The summed E-state index contributed by atoms with van der Waals surface area (Å²) in [6.45, 7) is 2.21. The summed E-state index contributed by atoms with van der Waals surface area (Å²) in [6, 6.07) is 5.59. The third kappa shape index (κ3) is 2.97. The van der Waals surface area contributed by atoms with Crippen LogP contribution < -0.4 is 10.2 Å². The number of carbonyl (C=O) groups excluding carboxylic acids is 2. The largest absolute Gasteiger partial charge is 0.480 e. The van der Waals surface area contributed by atoms with Crippen molar-refractivity contribution in [2.75, 3.05) is 11.4 Å². The first kappa shape index (κ1) is 16.0. The number of aliphatic carboxylic acids is 1. The van der Waals surface area contributed by atoms with Crippen molar-refractivity contribution >= 4 is 39.4 Å². The molecule has 1 atom stereocenters. The molecule has 0 bridgehead atoms. The first-order chi connectivity index (χ1) is 10.8. The van der Waals surface area contributed by atoms with Crippen LogP contribution in [0.15, 0.2) is 22.7 Å². The van der Waals surface area contributed by atoms with E-state index in [1.807, 2.05) is 25.1 Å². The molecule has 6 nitrogen and oxygen atoms in total. The molecule has 1 aliphatic heterocycles. The molecule has 2 fully saturated rings. The lowest BCUT2D eigenvalue weighted by atomic mass is 10.1. The SMILES string of the molecule is Cc1cc(N2CC(C(=O)NC3(C(=O)O)CC3)CC2=O)ccc1Br. The number of carboxylic acids is 1. The van der Waals surface area contributed by atoms with Crippen molar-refractivity contribution in [3.05, 3.63) is 28.2 Å². The van der Waals surface area contributed by atoms with Crippen LogP contribution in [-0.2, 0) is 14.4 Å². The Morgan fingerprint density at radius 3 is 2.65 bits per heavy atom. The molecule has 1 unspecified atom stereocenters. The first-order valence-electron chi connectivity index (χ1n) is 7.44. The number of anilines is 1. The molecule has 3 rings (SSSR count). The summed E-state index contributed by atoms with van der Waals surface area (Å²) < 4.78 is 0.958. The predicted molar refractivity (Wildman–Crippen MR) is 87.1 cm³/mol. The van der Waals surface area contributed by atoms with Gasteiger partial charge in [-0.05, 0) is 43.5 Å². The molecule has 122 valence electrons. The van der Waals surface area contributed by atoms with Crippen LogP contribution in [0.2, 0.25) is 0 Å².